The predicted molar refractivity (Wildman–Crippen MR) is 159 cm³/mol. The summed E-state index contributed by atoms with van der Waals surface area (Å²) in [5, 5.41) is 8.15. The quantitative estimate of drug-likeness (QED) is 0.101. The number of hydrogen-bond acceptors (Lipinski definition) is 11. The van der Waals surface area contributed by atoms with Crippen molar-refractivity contribution in [3.8, 4) is 0 Å². The maximum absolute atomic E-state index is 11.8. The van der Waals surface area contributed by atoms with Crippen molar-refractivity contribution < 1.29 is 9.53 Å². The van der Waals surface area contributed by atoms with Gasteiger partial charge in [-0.05, 0) is 86.8 Å². The lowest BCUT2D eigenvalue weighted by Crippen LogP contribution is -2.15. The van der Waals surface area contributed by atoms with E-state index in [4.69, 9.17) is 4.74 Å². The Morgan fingerprint density at radius 1 is 0.947 bits per heavy atom. The zero-order valence-electron chi connectivity index (χ0n) is 21.3. The number of carbonyl (C=O) groups excluding carboxylic acids is 1. The van der Waals surface area contributed by atoms with Gasteiger partial charge in [0.25, 0.3) is 0 Å². The molecule has 1 fully saturated rings. The fourth-order valence-corrected chi connectivity index (χ4v) is 5.61. The summed E-state index contributed by atoms with van der Waals surface area (Å²) in [6, 6.07) is 18.5. The lowest BCUT2D eigenvalue weighted by molar-refractivity contribution is 0.0520. The first-order valence-corrected chi connectivity index (χ1v) is 14.3. The van der Waals surface area contributed by atoms with Gasteiger partial charge in [0.2, 0.25) is 5.13 Å². The van der Waals surface area contributed by atoms with Gasteiger partial charge < -0.3 is 20.4 Å². The number of aryl methyl sites for hydroxylation is 1. The maximum atomic E-state index is 11.8. The highest BCUT2D eigenvalue weighted by Gasteiger charge is 2.14. The van der Waals surface area contributed by atoms with Crippen molar-refractivity contribution in [1.82, 2.24) is 4.98 Å². The Labute approximate surface area is 230 Å². The van der Waals surface area contributed by atoms with E-state index in [1.807, 2.05) is 24.3 Å². The first kappa shape index (κ1) is 25.7. The number of thiophene rings is 1. The van der Waals surface area contributed by atoms with Crippen molar-refractivity contribution in [1.29, 1.82) is 0 Å². The van der Waals surface area contributed by atoms with Crippen LogP contribution in [-0.2, 0) is 4.74 Å². The van der Waals surface area contributed by atoms with Gasteiger partial charge in [-0.2, -0.15) is 0 Å². The zero-order chi connectivity index (χ0) is 26.3. The average molecular weight is 550 g/mol. The molecule has 198 valence electrons. The summed E-state index contributed by atoms with van der Waals surface area (Å²) in [5.74, 6) is -0.420. The third-order valence-corrected chi connectivity index (χ3v) is 7.85. The molecule has 0 unspecified atom stereocenters. The van der Waals surface area contributed by atoms with E-state index in [0.29, 0.717) is 17.4 Å². The Bertz CT molecular complexity index is 1360. The van der Waals surface area contributed by atoms with Crippen LogP contribution in [0.4, 0.5) is 37.9 Å². The van der Waals surface area contributed by atoms with Crippen LogP contribution in [-0.4, -0.2) is 30.6 Å². The molecule has 11 heteroatoms. The molecular formula is C27H31N7O2S2. The molecule has 4 aromatic rings. The van der Waals surface area contributed by atoms with Crippen LogP contribution in [0.15, 0.2) is 60.0 Å². The largest absolute Gasteiger partial charge is 0.461 e. The Morgan fingerprint density at radius 3 is 2.45 bits per heavy atom. The Balaban J connectivity index is 1.11. The SMILES string of the molecule is CCOC(=O)c1csc(NNc2ccc(Nc3ccc(NNc4ccc(N5CCCC5)s4)cc3C)cc2)n1. The summed E-state index contributed by atoms with van der Waals surface area (Å²) >= 11 is 3.10. The number of hydrogen-bond donors (Lipinski definition) is 5. The monoisotopic (exact) mass is 549 g/mol. The summed E-state index contributed by atoms with van der Waals surface area (Å²) < 4.78 is 4.97. The van der Waals surface area contributed by atoms with Crippen LogP contribution in [0.1, 0.15) is 35.8 Å². The number of benzene rings is 2. The first-order valence-electron chi connectivity index (χ1n) is 12.6. The molecule has 3 heterocycles. The highest BCUT2D eigenvalue weighted by Crippen LogP contribution is 2.32. The van der Waals surface area contributed by atoms with Crippen molar-refractivity contribution in [2.45, 2.75) is 26.7 Å². The molecule has 0 aliphatic carbocycles. The second kappa shape index (κ2) is 12.1. The molecule has 1 aliphatic heterocycles. The smallest absolute Gasteiger partial charge is 0.357 e. The molecule has 2 aromatic heterocycles. The molecule has 0 saturated carbocycles. The Kier molecular flexibility index (Phi) is 8.15. The number of nitrogens with zero attached hydrogens (tertiary/aromatic N) is 2. The minimum absolute atomic E-state index is 0.297. The van der Waals surface area contributed by atoms with Crippen LogP contribution in [0.3, 0.4) is 0 Å². The van der Waals surface area contributed by atoms with Crippen molar-refractivity contribution in [2.24, 2.45) is 0 Å². The molecule has 9 nitrogen and oxygen atoms in total. The van der Waals surface area contributed by atoms with Crippen LogP contribution in [0.5, 0.6) is 0 Å². The third-order valence-electron chi connectivity index (χ3n) is 6.03. The molecule has 0 radical (unpaired) electrons. The van der Waals surface area contributed by atoms with Gasteiger partial charge in [0.05, 0.1) is 23.0 Å². The van der Waals surface area contributed by atoms with Gasteiger partial charge in [0.1, 0.15) is 5.00 Å². The van der Waals surface area contributed by atoms with Gasteiger partial charge >= 0.3 is 5.97 Å². The molecule has 0 atom stereocenters. The van der Waals surface area contributed by atoms with Crippen molar-refractivity contribution in [3.05, 3.63) is 71.2 Å². The lowest BCUT2D eigenvalue weighted by atomic mass is 10.1. The van der Waals surface area contributed by atoms with E-state index in [2.05, 4.69) is 74.2 Å². The average Bonchev–Trinajstić information content (AvgIpc) is 3.71. The van der Waals surface area contributed by atoms with Gasteiger partial charge in [0.15, 0.2) is 5.69 Å². The summed E-state index contributed by atoms with van der Waals surface area (Å²) in [7, 11) is 0. The van der Waals surface area contributed by atoms with E-state index in [-0.39, 0.29) is 0 Å². The molecule has 0 bridgehead atoms. The van der Waals surface area contributed by atoms with E-state index in [1.54, 1.807) is 23.6 Å². The third kappa shape index (κ3) is 6.48. The van der Waals surface area contributed by atoms with E-state index in [9.17, 15) is 4.79 Å². The van der Waals surface area contributed by atoms with Gasteiger partial charge in [-0.15, -0.1) is 11.3 Å². The Morgan fingerprint density at radius 2 is 1.68 bits per heavy atom. The number of hydrazine groups is 2. The number of esters is 1. The molecular weight excluding hydrogens is 518 g/mol. The van der Waals surface area contributed by atoms with Crippen molar-refractivity contribution in [3.63, 3.8) is 0 Å². The molecule has 1 aliphatic rings. The van der Waals surface area contributed by atoms with Gasteiger partial charge in [-0.3, -0.25) is 16.3 Å². The van der Waals surface area contributed by atoms with Crippen LogP contribution < -0.4 is 31.9 Å². The van der Waals surface area contributed by atoms with E-state index >= 15 is 0 Å². The van der Waals surface area contributed by atoms with Crippen LogP contribution in [0.2, 0.25) is 0 Å². The van der Waals surface area contributed by atoms with Gasteiger partial charge in [0, 0.05) is 29.8 Å². The topological polar surface area (TPSA) is 103 Å². The summed E-state index contributed by atoms with van der Waals surface area (Å²) in [4.78, 5) is 18.4. The number of ether oxygens (including phenoxy) is 1. The minimum atomic E-state index is -0.420. The van der Waals surface area contributed by atoms with Gasteiger partial charge in [-0.1, -0.05) is 11.3 Å². The molecule has 5 N–H and O–H groups in total. The molecule has 1 saturated heterocycles. The van der Waals surface area contributed by atoms with E-state index < -0.39 is 5.97 Å². The number of anilines is 7. The number of nitrogens with one attached hydrogen (secondary N) is 5. The maximum Gasteiger partial charge on any atom is 0.357 e. The number of carbonyl (C=O) groups is 1. The summed E-state index contributed by atoms with van der Waals surface area (Å²) in [6.07, 6.45) is 2.56. The fourth-order valence-electron chi connectivity index (χ4n) is 4.07. The number of rotatable bonds is 11. The second-order valence-corrected chi connectivity index (χ2v) is 10.7. The van der Waals surface area contributed by atoms with Crippen LogP contribution >= 0.6 is 22.7 Å². The lowest BCUT2D eigenvalue weighted by Gasteiger charge is -2.15. The standard InChI is InChI=1S/C27H31N7O2S2/c1-3-36-26(35)23-17-37-27(29-23)33-30-20-8-6-19(7-9-20)28-22-11-10-21(16-18(22)2)31-32-24-12-13-25(38-24)34-14-4-5-15-34/h6-13,16-17,28,30-32H,3-5,14-15H2,1-2H3,(H,29,33). The highest BCUT2D eigenvalue weighted by molar-refractivity contribution is 7.20. The zero-order valence-corrected chi connectivity index (χ0v) is 23.0. The molecule has 0 amide bonds. The van der Waals surface area contributed by atoms with Crippen molar-refractivity contribution in [2.75, 3.05) is 51.6 Å². The number of thiazole rings is 1. The molecule has 5 rings (SSSR count). The Hall–Kier alpha value is -3.96. The van der Waals surface area contributed by atoms with Gasteiger partial charge in [-0.25, -0.2) is 9.78 Å². The van der Waals surface area contributed by atoms with E-state index in [0.717, 1.165) is 46.4 Å². The normalized spacial score (nSPS) is 12.7. The number of aromatic nitrogens is 1. The second-order valence-electron chi connectivity index (χ2n) is 8.82. The summed E-state index contributed by atoms with van der Waals surface area (Å²) in [5.41, 5.74) is 18.1. The highest BCUT2D eigenvalue weighted by atomic mass is 32.1. The fraction of sp³-hybridized carbons (Fsp3) is 0.259. The van der Waals surface area contributed by atoms with Crippen LogP contribution in [0.25, 0.3) is 0 Å². The molecule has 0 spiro atoms. The van der Waals surface area contributed by atoms with Crippen molar-refractivity contribution >= 4 is 66.5 Å². The minimum Gasteiger partial charge on any atom is -0.461 e. The van der Waals surface area contributed by atoms with E-state index in [1.165, 1.54) is 29.2 Å². The first-order chi connectivity index (χ1) is 18.6. The van der Waals surface area contributed by atoms with Crippen LogP contribution in [0, 0.1) is 6.92 Å². The summed E-state index contributed by atoms with van der Waals surface area (Å²) in [6.45, 7) is 6.49. The molecule has 2 aromatic carbocycles. The molecule has 38 heavy (non-hydrogen) atoms. The predicted octanol–water partition coefficient (Wildman–Crippen LogP) is 6.91.